The van der Waals surface area contributed by atoms with Crippen LogP contribution in [0.3, 0.4) is 0 Å². The lowest BCUT2D eigenvalue weighted by molar-refractivity contribution is 0.127. The number of aromatic nitrogens is 4. The number of fused-ring (bicyclic) bond motifs is 1. The molecule has 1 N–H and O–H groups in total. The molecule has 0 aliphatic heterocycles. The number of anilines is 1. The van der Waals surface area contributed by atoms with E-state index < -0.39 is 0 Å². The molecule has 0 radical (unpaired) electrons. The van der Waals surface area contributed by atoms with Crippen LogP contribution >= 0.6 is 0 Å². The van der Waals surface area contributed by atoms with E-state index in [4.69, 9.17) is 9.47 Å². The number of nitrogens with one attached hydrogen (secondary N) is 1. The standard InChI is InChI=1S/C26H37N7O4/c1-4-15-37-16-14-33-22-17-21(20-8-9-23(36-3)28-18-20)19-29-24(22)31-25(26(33)34)27-10-7-13-32(2)12-6-5-11-30-35/h8-9,17-19H,4-7,10-16H2,1-3H3,(H,27,29,31). The number of hydrogen-bond acceptors (Lipinski definition) is 10. The van der Waals surface area contributed by atoms with Crippen LogP contribution in [0.5, 0.6) is 5.88 Å². The summed E-state index contributed by atoms with van der Waals surface area (Å²) in [5.41, 5.74) is 2.64. The molecule has 0 atom stereocenters. The molecule has 0 fully saturated rings. The number of hydrogen-bond donors (Lipinski definition) is 1. The maximum atomic E-state index is 13.4. The molecule has 3 aromatic rings. The molecule has 0 amide bonds. The molecule has 3 rings (SSSR count). The van der Waals surface area contributed by atoms with Crippen LogP contribution in [-0.4, -0.2) is 78.0 Å². The maximum absolute atomic E-state index is 13.4. The predicted molar refractivity (Wildman–Crippen MR) is 145 cm³/mol. The molecule has 3 aromatic heterocycles. The Labute approximate surface area is 217 Å². The Balaban J connectivity index is 1.76. The highest BCUT2D eigenvalue weighted by molar-refractivity contribution is 5.78. The third-order valence-electron chi connectivity index (χ3n) is 5.94. The number of rotatable bonds is 17. The van der Waals surface area contributed by atoms with Crippen molar-refractivity contribution in [3.8, 4) is 17.0 Å². The van der Waals surface area contributed by atoms with Gasteiger partial charge in [0.1, 0.15) is 0 Å². The van der Waals surface area contributed by atoms with Gasteiger partial charge in [-0.25, -0.2) is 15.0 Å². The summed E-state index contributed by atoms with van der Waals surface area (Å²) in [6.07, 6.45) is 6.95. The fraction of sp³-hybridized carbons (Fsp3) is 0.538. The third kappa shape index (κ3) is 8.29. The second-order valence-electron chi connectivity index (χ2n) is 8.83. The average molecular weight is 512 g/mol. The van der Waals surface area contributed by atoms with Crippen molar-refractivity contribution in [3.63, 3.8) is 0 Å². The van der Waals surface area contributed by atoms with Gasteiger partial charge in [-0.2, -0.15) is 4.91 Å². The van der Waals surface area contributed by atoms with E-state index in [1.54, 1.807) is 30.1 Å². The molecule has 3 heterocycles. The molecule has 0 aromatic carbocycles. The highest BCUT2D eigenvalue weighted by Crippen LogP contribution is 2.23. The van der Waals surface area contributed by atoms with E-state index in [1.165, 1.54) is 0 Å². The quantitative estimate of drug-likeness (QED) is 0.214. The zero-order valence-corrected chi connectivity index (χ0v) is 22.0. The molecule has 37 heavy (non-hydrogen) atoms. The Kier molecular flexibility index (Phi) is 11.4. The molecule has 0 spiro atoms. The lowest BCUT2D eigenvalue weighted by Crippen LogP contribution is -2.29. The van der Waals surface area contributed by atoms with Crippen LogP contribution < -0.4 is 15.6 Å². The minimum absolute atomic E-state index is 0.200. The monoisotopic (exact) mass is 511 g/mol. The van der Waals surface area contributed by atoms with Crippen LogP contribution in [0, 0.1) is 4.91 Å². The predicted octanol–water partition coefficient (Wildman–Crippen LogP) is 3.57. The number of unbranched alkanes of at least 4 members (excludes halogenated alkanes) is 1. The first-order valence-electron chi connectivity index (χ1n) is 12.8. The average Bonchev–Trinajstić information content (AvgIpc) is 2.92. The first-order chi connectivity index (χ1) is 18.1. The van der Waals surface area contributed by atoms with Gasteiger partial charge in [0.05, 0.1) is 25.8 Å². The molecule has 11 nitrogen and oxygen atoms in total. The van der Waals surface area contributed by atoms with Crippen molar-refractivity contribution in [1.29, 1.82) is 0 Å². The Morgan fingerprint density at radius 1 is 1.08 bits per heavy atom. The van der Waals surface area contributed by atoms with Crippen molar-refractivity contribution in [2.45, 2.75) is 39.2 Å². The van der Waals surface area contributed by atoms with Crippen LogP contribution in [-0.2, 0) is 11.3 Å². The minimum Gasteiger partial charge on any atom is -0.481 e. The molecule has 0 bridgehead atoms. The van der Waals surface area contributed by atoms with E-state index >= 15 is 0 Å². The van der Waals surface area contributed by atoms with Gasteiger partial charge in [0, 0.05) is 49.3 Å². The first kappa shape index (κ1) is 28.1. The topological polar surface area (TPSA) is 124 Å². The van der Waals surface area contributed by atoms with Gasteiger partial charge < -0.3 is 19.7 Å². The van der Waals surface area contributed by atoms with Gasteiger partial charge in [-0.3, -0.25) is 9.36 Å². The van der Waals surface area contributed by atoms with E-state index in [2.05, 4.69) is 37.3 Å². The lowest BCUT2D eigenvalue weighted by Gasteiger charge is -2.17. The van der Waals surface area contributed by atoms with E-state index in [1.807, 2.05) is 19.2 Å². The highest BCUT2D eigenvalue weighted by Gasteiger charge is 2.14. The van der Waals surface area contributed by atoms with E-state index in [9.17, 15) is 9.70 Å². The van der Waals surface area contributed by atoms with Gasteiger partial charge >= 0.3 is 0 Å². The van der Waals surface area contributed by atoms with Crippen molar-refractivity contribution >= 4 is 17.0 Å². The summed E-state index contributed by atoms with van der Waals surface area (Å²) in [4.78, 5) is 39.2. The molecule has 0 unspecified atom stereocenters. The van der Waals surface area contributed by atoms with Crippen LogP contribution in [0.15, 0.2) is 40.6 Å². The van der Waals surface area contributed by atoms with Crippen molar-refractivity contribution in [3.05, 3.63) is 45.9 Å². The normalized spacial score (nSPS) is 11.2. The van der Waals surface area contributed by atoms with Gasteiger partial charge in [-0.15, -0.1) is 0 Å². The third-order valence-corrected chi connectivity index (χ3v) is 5.94. The number of methoxy groups -OCH3 is 1. The summed E-state index contributed by atoms with van der Waals surface area (Å²) >= 11 is 0. The summed E-state index contributed by atoms with van der Waals surface area (Å²) < 4.78 is 12.5. The minimum atomic E-state index is -0.200. The summed E-state index contributed by atoms with van der Waals surface area (Å²) in [5.74, 6) is 0.815. The van der Waals surface area contributed by atoms with Crippen LogP contribution in [0.1, 0.15) is 32.6 Å². The molecule has 0 saturated heterocycles. The molecule has 11 heteroatoms. The van der Waals surface area contributed by atoms with Gasteiger partial charge in [0.2, 0.25) is 5.88 Å². The summed E-state index contributed by atoms with van der Waals surface area (Å²) in [6.45, 7) is 6.26. The zero-order valence-electron chi connectivity index (χ0n) is 22.0. The van der Waals surface area contributed by atoms with Gasteiger partial charge in [0.15, 0.2) is 11.5 Å². The number of ether oxygens (including phenoxy) is 2. The highest BCUT2D eigenvalue weighted by atomic mass is 16.5. The van der Waals surface area contributed by atoms with Crippen molar-refractivity contribution < 1.29 is 9.47 Å². The number of nitrogens with zero attached hydrogens (tertiary/aromatic N) is 6. The van der Waals surface area contributed by atoms with E-state index in [0.717, 1.165) is 49.9 Å². The lowest BCUT2D eigenvalue weighted by atomic mass is 10.1. The summed E-state index contributed by atoms with van der Waals surface area (Å²) in [7, 11) is 3.62. The van der Waals surface area contributed by atoms with Crippen molar-refractivity contribution in [2.75, 3.05) is 58.9 Å². The molecule has 0 aliphatic carbocycles. The smallest absolute Gasteiger partial charge is 0.293 e. The second kappa shape index (κ2) is 15.0. The van der Waals surface area contributed by atoms with E-state index in [-0.39, 0.29) is 11.4 Å². The van der Waals surface area contributed by atoms with Crippen LogP contribution in [0.25, 0.3) is 22.3 Å². The Morgan fingerprint density at radius 2 is 1.89 bits per heavy atom. The van der Waals surface area contributed by atoms with Gasteiger partial charge in [0.25, 0.3) is 5.56 Å². The Hall–Kier alpha value is -3.44. The molecule has 0 saturated carbocycles. The van der Waals surface area contributed by atoms with Crippen LogP contribution in [0.4, 0.5) is 5.82 Å². The summed E-state index contributed by atoms with van der Waals surface area (Å²) in [5, 5.41) is 6.10. The zero-order chi connectivity index (χ0) is 26.5. The number of pyridine rings is 2. The molecular weight excluding hydrogens is 474 g/mol. The fourth-order valence-electron chi connectivity index (χ4n) is 3.92. The fourth-order valence-corrected chi connectivity index (χ4v) is 3.92. The van der Waals surface area contributed by atoms with E-state index in [0.29, 0.717) is 49.9 Å². The maximum Gasteiger partial charge on any atom is 0.293 e. The van der Waals surface area contributed by atoms with Gasteiger partial charge in [-0.05, 0) is 58.0 Å². The second-order valence-corrected chi connectivity index (χ2v) is 8.83. The van der Waals surface area contributed by atoms with Crippen molar-refractivity contribution in [2.24, 2.45) is 5.18 Å². The molecular formula is C26H37N7O4. The SMILES string of the molecule is CCCOCCn1c(=O)c(NCCCN(C)CCCCN=O)nc2ncc(-c3ccc(OC)nc3)cc21. The summed E-state index contributed by atoms with van der Waals surface area (Å²) in [6, 6.07) is 5.61. The largest absolute Gasteiger partial charge is 0.481 e. The van der Waals surface area contributed by atoms with Crippen molar-refractivity contribution in [1.82, 2.24) is 24.4 Å². The van der Waals surface area contributed by atoms with Crippen LogP contribution in [0.2, 0.25) is 0 Å². The Morgan fingerprint density at radius 3 is 2.62 bits per heavy atom. The number of nitroso groups, excluding NO2 is 1. The molecule has 200 valence electrons. The first-order valence-corrected chi connectivity index (χ1v) is 12.8. The Bertz CT molecular complexity index is 1180. The van der Waals surface area contributed by atoms with Gasteiger partial charge in [-0.1, -0.05) is 12.1 Å². The molecule has 0 aliphatic rings.